The number of nitrogens with zero attached hydrogens (tertiary/aromatic N) is 2. The first-order valence-electron chi connectivity index (χ1n) is 5.42. The van der Waals surface area contributed by atoms with Crippen LogP contribution < -0.4 is 34.9 Å². The molecular weight excluding hydrogens is 333 g/mol. The fourth-order valence-corrected chi connectivity index (χ4v) is 2.60. The average molecular weight is 345 g/mol. The van der Waals surface area contributed by atoms with E-state index >= 15 is 0 Å². The van der Waals surface area contributed by atoms with Crippen LogP contribution in [0.2, 0.25) is 0 Å². The molecule has 1 atom stereocenters. The van der Waals surface area contributed by atoms with Gasteiger partial charge < -0.3 is 14.6 Å². The second kappa shape index (κ2) is 8.76. The number of aromatic nitrogens is 2. The van der Waals surface area contributed by atoms with Gasteiger partial charge in [-0.05, 0) is 6.42 Å². The third kappa shape index (κ3) is 6.36. The van der Waals surface area contributed by atoms with E-state index in [1.165, 1.54) is 0 Å². The number of carbonyl (C=O) groups is 2. The Bertz CT molecular complexity index is 602. The molecule has 12 heteroatoms. The number of anilines is 1. The van der Waals surface area contributed by atoms with Crippen LogP contribution in [-0.4, -0.2) is 47.4 Å². The Morgan fingerprint density at radius 3 is 2.48 bits per heavy atom. The molecule has 112 valence electrons. The van der Waals surface area contributed by atoms with Crippen LogP contribution in [0.5, 0.6) is 0 Å². The summed E-state index contributed by atoms with van der Waals surface area (Å²) in [5.74, 6) is -2.11. The van der Waals surface area contributed by atoms with Gasteiger partial charge in [0.25, 0.3) is 0 Å². The Morgan fingerprint density at radius 1 is 1.43 bits per heavy atom. The van der Waals surface area contributed by atoms with Crippen molar-refractivity contribution in [2.45, 2.75) is 25.0 Å². The summed E-state index contributed by atoms with van der Waals surface area (Å²) in [5, 5.41) is 8.45. The molecule has 1 rings (SSSR count). The quantitative estimate of drug-likeness (QED) is 0.319. The first-order chi connectivity index (χ1) is 9.27. The van der Waals surface area contributed by atoms with Crippen LogP contribution in [0, 0.1) is 0 Å². The second-order valence-electron chi connectivity index (χ2n) is 3.61. The fourth-order valence-electron chi connectivity index (χ4n) is 1.22. The van der Waals surface area contributed by atoms with Gasteiger partial charge in [0.1, 0.15) is 15.1 Å². The van der Waals surface area contributed by atoms with Crippen LogP contribution in [0.15, 0.2) is 0 Å². The van der Waals surface area contributed by atoms with Crippen molar-refractivity contribution < 1.29 is 56.9 Å². The van der Waals surface area contributed by atoms with Crippen molar-refractivity contribution >= 4 is 38.5 Å². The molecule has 1 aromatic rings. The summed E-state index contributed by atoms with van der Waals surface area (Å²) in [6, 6.07) is 0. The van der Waals surface area contributed by atoms with Crippen LogP contribution in [0.4, 0.5) is 5.13 Å². The van der Waals surface area contributed by atoms with Crippen molar-refractivity contribution in [3.63, 3.8) is 0 Å². The van der Waals surface area contributed by atoms with Gasteiger partial charge in [0.05, 0.1) is 13.5 Å². The summed E-state index contributed by atoms with van der Waals surface area (Å²) in [6.45, 7) is 1.85. The minimum atomic E-state index is -4.98. The van der Waals surface area contributed by atoms with Crippen molar-refractivity contribution in [1.29, 1.82) is 0 Å². The maximum atomic E-state index is 11.6. The van der Waals surface area contributed by atoms with E-state index in [0.29, 0.717) is 11.4 Å². The van der Waals surface area contributed by atoms with E-state index in [0.717, 1.165) is 18.4 Å². The number of ether oxygens (including phenoxy) is 1. The predicted octanol–water partition coefficient (Wildman–Crippen LogP) is -3.48. The Hall–Kier alpha value is -0.590. The number of amides is 1. The average Bonchev–Trinajstić information content (AvgIpc) is 2.81. The Kier molecular flexibility index (Phi) is 8.51. The van der Waals surface area contributed by atoms with Crippen molar-refractivity contribution in [2.24, 2.45) is 0 Å². The summed E-state index contributed by atoms with van der Waals surface area (Å²) in [4.78, 5) is 22.8. The number of aryl methyl sites for hydroxylation is 1. The molecule has 0 bridgehead atoms. The van der Waals surface area contributed by atoms with Gasteiger partial charge in [-0.2, -0.15) is 0 Å². The van der Waals surface area contributed by atoms with Gasteiger partial charge in [0.15, 0.2) is 5.25 Å². The molecule has 0 aliphatic carbocycles. The first kappa shape index (κ1) is 20.4. The maximum absolute atomic E-state index is 11.6. The molecule has 0 saturated heterocycles. The van der Waals surface area contributed by atoms with E-state index in [2.05, 4.69) is 20.3 Å². The number of esters is 1. The van der Waals surface area contributed by atoms with E-state index in [9.17, 15) is 22.6 Å². The van der Waals surface area contributed by atoms with Crippen molar-refractivity contribution in [3.05, 3.63) is 5.01 Å². The molecule has 0 fully saturated rings. The van der Waals surface area contributed by atoms with Gasteiger partial charge in [-0.25, -0.2) is 8.42 Å². The molecule has 0 saturated carbocycles. The molecule has 21 heavy (non-hydrogen) atoms. The van der Waals surface area contributed by atoms with E-state index < -0.39 is 33.7 Å². The Morgan fingerprint density at radius 2 is 2.05 bits per heavy atom. The third-order valence-corrected chi connectivity index (χ3v) is 4.24. The van der Waals surface area contributed by atoms with E-state index in [-0.39, 0.29) is 34.7 Å². The number of methoxy groups -OCH3 is 1. The molecule has 1 heterocycles. The van der Waals surface area contributed by atoms with Crippen molar-refractivity contribution in [2.75, 3.05) is 12.4 Å². The van der Waals surface area contributed by atoms with Crippen LogP contribution in [-0.2, 0) is 30.9 Å². The molecule has 1 aromatic heterocycles. The SMILES string of the molecule is CCc1nnc(NC(=O)CC(C(=O)OC)S(=O)(=O)[O-])s1.[Na+]. The smallest absolute Gasteiger partial charge is 0.747 e. The molecule has 1 N–H and O–H groups in total. The van der Waals surface area contributed by atoms with Crippen LogP contribution in [0.1, 0.15) is 18.4 Å². The maximum Gasteiger partial charge on any atom is 1.00 e. The van der Waals surface area contributed by atoms with Crippen molar-refractivity contribution in [1.82, 2.24) is 10.2 Å². The molecule has 0 aliphatic rings. The van der Waals surface area contributed by atoms with Crippen molar-refractivity contribution in [3.8, 4) is 0 Å². The Balaban J connectivity index is 0.00000400. The minimum Gasteiger partial charge on any atom is -0.747 e. The van der Waals surface area contributed by atoms with Gasteiger partial charge in [0.2, 0.25) is 11.0 Å². The number of hydrogen-bond donors (Lipinski definition) is 1. The number of nitrogens with one attached hydrogen (secondary N) is 1. The fraction of sp³-hybridized carbons (Fsp3) is 0.556. The molecular formula is C9H12N3NaO6S2. The largest absolute Gasteiger partial charge is 1.00 e. The summed E-state index contributed by atoms with van der Waals surface area (Å²) in [6.07, 6.45) is -0.202. The number of hydrogen-bond acceptors (Lipinski definition) is 9. The zero-order valence-electron chi connectivity index (χ0n) is 11.7. The summed E-state index contributed by atoms with van der Waals surface area (Å²) in [5.41, 5.74) is 0. The van der Waals surface area contributed by atoms with Gasteiger partial charge in [-0.3, -0.25) is 9.59 Å². The van der Waals surface area contributed by atoms with Crippen LogP contribution in [0.25, 0.3) is 0 Å². The first-order valence-corrected chi connectivity index (χ1v) is 7.71. The van der Waals surface area contributed by atoms with Gasteiger partial charge >= 0.3 is 35.5 Å². The van der Waals surface area contributed by atoms with E-state index in [1.54, 1.807) is 0 Å². The van der Waals surface area contributed by atoms with Crippen LogP contribution >= 0.6 is 11.3 Å². The molecule has 0 aliphatic heterocycles. The predicted molar refractivity (Wildman–Crippen MR) is 68.0 cm³/mol. The summed E-state index contributed by atoms with van der Waals surface area (Å²) in [7, 11) is -4.05. The zero-order valence-corrected chi connectivity index (χ0v) is 15.3. The standard InChI is InChI=1S/C9H13N3O6S2.Na/c1-3-7-11-12-9(19-7)10-6(13)4-5(8(14)18-2)20(15,16)17;/h5H,3-4H2,1-2H3,(H,10,12,13)(H,15,16,17);/q;+1/p-1. The minimum absolute atomic E-state index is 0. The molecule has 0 radical (unpaired) electrons. The summed E-state index contributed by atoms with van der Waals surface area (Å²) < 4.78 is 36.9. The van der Waals surface area contributed by atoms with E-state index in [1.807, 2.05) is 6.92 Å². The summed E-state index contributed by atoms with van der Waals surface area (Å²) >= 11 is 1.11. The van der Waals surface area contributed by atoms with Gasteiger partial charge in [-0.1, -0.05) is 18.3 Å². The zero-order chi connectivity index (χ0) is 15.3. The van der Waals surface area contributed by atoms with Gasteiger partial charge in [-0.15, -0.1) is 10.2 Å². The Labute approximate surface area is 147 Å². The number of rotatable bonds is 6. The van der Waals surface area contributed by atoms with Crippen LogP contribution in [0.3, 0.4) is 0 Å². The number of carbonyl (C=O) groups excluding carboxylic acids is 2. The topological polar surface area (TPSA) is 138 Å². The van der Waals surface area contributed by atoms with E-state index in [4.69, 9.17) is 0 Å². The molecule has 9 nitrogen and oxygen atoms in total. The monoisotopic (exact) mass is 345 g/mol. The second-order valence-corrected chi connectivity index (χ2v) is 6.23. The molecule has 0 aromatic carbocycles. The molecule has 0 spiro atoms. The third-order valence-electron chi connectivity index (χ3n) is 2.20. The molecule has 1 amide bonds. The molecule has 1 unspecified atom stereocenters. The normalized spacial score (nSPS) is 12.1. The van der Waals surface area contributed by atoms with Gasteiger partial charge in [0, 0.05) is 0 Å².